The fraction of sp³-hybridized carbons (Fsp3) is 0.429. The van der Waals surface area contributed by atoms with Crippen LogP contribution in [0.25, 0.3) is 0 Å². The minimum Gasteiger partial charge on any atom is -0.355 e. The van der Waals surface area contributed by atoms with Gasteiger partial charge in [-0.3, -0.25) is 9.59 Å². The second-order valence-electron chi connectivity index (χ2n) is 7.47. The SMILES string of the molecule is O=C1CN(C(=O)c2ccc(N3CCC(Cc4ccccc4)CC3)nn2)CCN1. The van der Waals surface area contributed by atoms with Crippen molar-refractivity contribution >= 4 is 17.6 Å². The lowest BCUT2D eigenvalue weighted by atomic mass is 9.90. The monoisotopic (exact) mass is 379 g/mol. The van der Waals surface area contributed by atoms with Crippen molar-refractivity contribution in [2.24, 2.45) is 5.92 Å². The molecule has 7 nitrogen and oxygen atoms in total. The standard InChI is InChI=1S/C21H25N5O2/c27-20-15-26(13-10-22-20)21(28)18-6-7-19(24-23-18)25-11-8-17(9-12-25)14-16-4-2-1-3-5-16/h1-7,17H,8-15H2,(H,22,27). The van der Waals surface area contributed by atoms with Crippen molar-refractivity contribution in [3.8, 4) is 0 Å². The Balaban J connectivity index is 1.32. The van der Waals surface area contributed by atoms with Crippen molar-refractivity contribution in [2.45, 2.75) is 19.3 Å². The summed E-state index contributed by atoms with van der Waals surface area (Å²) in [6.07, 6.45) is 3.37. The first-order chi connectivity index (χ1) is 13.7. The molecule has 2 saturated heterocycles. The molecule has 1 aromatic heterocycles. The minimum absolute atomic E-state index is 0.0805. The zero-order chi connectivity index (χ0) is 19.3. The number of nitrogens with one attached hydrogen (secondary N) is 1. The van der Waals surface area contributed by atoms with Gasteiger partial charge in [0.1, 0.15) is 0 Å². The molecular weight excluding hydrogens is 354 g/mol. The van der Waals surface area contributed by atoms with Crippen molar-refractivity contribution < 1.29 is 9.59 Å². The van der Waals surface area contributed by atoms with Crippen molar-refractivity contribution in [1.82, 2.24) is 20.4 Å². The van der Waals surface area contributed by atoms with E-state index in [-0.39, 0.29) is 24.1 Å². The summed E-state index contributed by atoms with van der Waals surface area (Å²) < 4.78 is 0. The second kappa shape index (κ2) is 8.37. The first-order valence-electron chi connectivity index (χ1n) is 9.87. The smallest absolute Gasteiger partial charge is 0.274 e. The minimum atomic E-state index is -0.240. The number of aromatic nitrogens is 2. The van der Waals surface area contributed by atoms with Gasteiger partial charge < -0.3 is 15.1 Å². The van der Waals surface area contributed by atoms with E-state index in [1.54, 1.807) is 6.07 Å². The molecule has 0 aliphatic carbocycles. The Morgan fingerprint density at radius 1 is 1.04 bits per heavy atom. The first-order valence-corrected chi connectivity index (χ1v) is 9.87. The Kier molecular flexibility index (Phi) is 5.50. The number of rotatable bonds is 4. The molecule has 146 valence electrons. The van der Waals surface area contributed by atoms with E-state index in [1.807, 2.05) is 6.07 Å². The van der Waals surface area contributed by atoms with Crippen LogP contribution in [0.15, 0.2) is 42.5 Å². The third-order valence-electron chi connectivity index (χ3n) is 5.50. The van der Waals surface area contributed by atoms with E-state index in [4.69, 9.17) is 0 Å². The number of benzene rings is 1. The fourth-order valence-electron chi connectivity index (χ4n) is 3.90. The van der Waals surface area contributed by atoms with Crippen molar-refractivity contribution in [1.29, 1.82) is 0 Å². The number of piperidine rings is 1. The van der Waals surface area contributed by atoms with Crippen molar-refractivity contribution in [3.63, 3.8) is 0 Å². The van der Waals surface area contributed by atoms with E-state index in [0.717, 1.165) is 38.2 Å². The molecule has 7 heteroatoms. The molecule has 0 radical (unpaired) electrons. The molecule has 0 unspecified atom stereocenters. The van der Waals surface area contributed by atoms with Crippen LogP contribution >= 0.6 is 0 Å². The highest BCUT2D eigenvalue weighted by molar-refractivity contribution is 5.95. The molecule has 28 heavy (non-hydrogen) atoms. The van der Waals surface area contributed by atoms with E-state index in [2.05, 4.69) is 50.7 Å². The molecule has 0 spiro atoms. The van der Waals surface area contributed by atoms with Crippen LogP contribution in [0.4, 0.5) is 5.82 Å². The predicted molar refractivity (Wildman–Crippen MR) is 106 cm³/mol. The number of carbonyl (C=O) groups is 2. The van der Waals surface area contributed by atoms with Crippen LogP contribution in [0.5, 0.6) is 0 Å². The lowest BCUT2D eigenvalue weighted by molar-refractivity contribution is -0.123. The van der Waals surface area contributed by atoms with Gasteiger partial charge in [0.15, 0.2) is 11.5 Å². The maximum atomic E-state index is 12.5. The highest BCUT2D eigenvalue weighted by Gasteiger charge is 2.24. The average Bonchev–Trinajstić information content (AvgIpc) is 2.75. The van der Waals surface area contributed by atoms with E-state index in [0.29, 0.717) is 19.0 Å². The van der Waals surface area contributed by atoms with Gasteiger partial charge in [0.2, 0.25) is 5.91 Å². The molecular formula is C21H25N5O2. The van der Waals surface area contributed by atoms with Gasteiger partial charge in [0.25, 0.3) is 5.91 Å². The molecule has 0 bridgehead atoms. The maximum absolute atomic E-state index is 12.5. The largest absolute Gasteiger partial charge is 0.355 e. The number of hydrogen-bond donors (Lipinski definition) is 1. The number of carbonyl (C=O) groups excluding carboxylic acids is 2. The summed E-state index contributed by atoms with van der Waals surface area (Å²) in [4.78, 5) is 27.7. The third-order valence-corrected chi connectivity index (χ3v) is 5.50. The summed E-state index contributed by atoms with van der Waals surface area (Å²) in [6.45, 7) is 2.96. The Bertz CT molecular complexity index is 816. The van der Waals surface area contributed by atoms with E-state index >= 15 is 0 Å². The Labute approximate surface area is 164 Å². The first kappa shape index (κ1) is 18.4. The van der Waals surface area contributed by atoms with Gasteiger partial charge in [-0.2, -0.15) is 0 Å². The Hall–Kier alpha value is -2.96. The quantitative estimate of drug-likeness (QED) is 0.871. The molecule has 2 aliphatic rings. The Morgan fingerprint density at radius 3 is 2.50 bits per heavy atom. The van der Waals surface area contributed by atoms with Crippen LogP contribution in [0.2, 0.25) is 0 Å². The number of hydrogen-bond acceptors (Lipinski definition) is 5. The molecule has 1 N–H and O–H groups in total. The van der Waals surface area contributed by atoms with Crippen LogP contribution in [0.1, 0.15) is 28.9 Å². The van der Waals surface area contributed by atoms with Gasteiger partial charge >= 0.3 is 0 Å². The van der Waals surface area contributed by atoms with Gasteiger partial charge in [-0.1, -0.05) is 30.3 Å². The number of amides is 2. The van der Waals surface area contributed by atoms with Crippen molar-refractivity contribution in [3.05, 3.63) is 53.7 Å². The lowest BCUT2D eigenvalue weighted by Crippen LogP contribution is -2.50. The third kappa shape index (κ3) is 4.30. The maximum Gasteiger partial charge on any atom is 0.274 e. The van der Waals surface area contributed by atoms with E-state index in [9.17, 15) is 9.59 Å². The van der Waals surface area contributed by atoms with Crippen LogP contribution in [0.3, 0.4) is 0 Å². The summed E-state index contributed by atoms with van der Waals surface area (Å²) in [7, 11) is 0. The molecule has 4 rings (SSSR count). The normalized spacial score (nSPS) is 18.1. The molecule has 1 aromatic carbocycles. The van der Waals surface area contributed by atoms with Gasteiger partial charge in [-0.25, -0.2) is 0 Å². The number of piperazine rings is 1. The highest BCUT2D eigenvalue weighted by atomic mass is 16.2. The van der Waals surface area contributed by atoms with Gasteiger partial charge in [-0.15, -0.1) is 10.2 Å². The van der Waals surface area contributed by atoms with Crippen LogP contribution in [-0.2, 0) is 11.2 Å². The summed E-state index contributed by atoms with van der Waals surface area (Å²) in [5.41, 5.74) is 1.69. The molecule has 2 amide bonds. The number of nitrogens with zero attached hydrogens (tertiary/aromatic N) is 4. The summed E-state index contributed by atoms with van der Waals surface area (Å²) >= 11 is 0. The van der Waals surface area contributed by atoms with E-state index < -0.39 is 0 Å². The van der Waals surface area contributed by atoms with Crippen molar-refractivity contribution in [2.75, 3.05) is 37.6 Å². The van der Waals surface area contributed by atoms with Crippen LogP contribution < -0.4 is 10.2 Å². The van der Waals surface area contributed by atoms with Gasteiger partial charge in [0.05, 0.1) is 6.54 Å². The summed E-state index contributed by atoms with van der Waals surface area (Å²) in [5, 5.41) is 11.1. The average molecular weight is 379 g/mol. The topological polar surface area (TPSA) is 78.4 Å². The predicted octanol–water partition coefficient (Wildman–Crippen LogP) is 1.51. The zero-order valence-corrected chi connectivity index (χ0v) is 15.9. The van der Waals surface area contributed by atoms with Crippen LogP contribution in [0, 0.1) is 5.92 Å². The molecule has 0 saturated carbocycles. The highest BCUT2D eigenvalue weighted by Crippen LogP contribution is 2.24. The molecule has 2 aliphatic heterocycles. The van der Waals surface area contributed by atoms with Gasteiger partial charge in [0, 0.05) is 26.2 Å². The number of anilines is 1. The second-order valence-corrected chi connectivity index (χ2v) is 7.47. The Morgan fingerprint density at radius 2 is 1.82 bits per heavy atom. The summed E-state index contributed by atoms with van der Waals surface area (Å²) in [5.74, 6) is 1.13. The zero-order valence-electron chi connectivity index (χ0n) is 15.9. The van der Waals surface area contributed by atoms with Crippen LogP contribution in [-0.4, -0.2) is 59.6 Å². The molecule has 3 heterocycles. The summed E-state index contributed by atoms with van der Waals surface area (Å²) in [6, 6.07) is 14.2. The fourth-order valence-corrected chi connectivity index (χ4v) is 3.90. The molecule has 0 atom stereocenters. The van der Waals surface area contributed by atoms with E-state index in [1.165, 1.54) is 10.5 Å². The lowest BCUT2D eigenvalue weighted by Gasteiger charge is -2.32. The van der Waals surface area contributed by atoms with Gasteiger partial charge in [-0.05, 0) is 42.9 Å². The molecule has 2 aromatic rings. The molecule has 2 fully saturated rings.